The minimum atomic E-state index is -0.0960. The molecular weight excluding hydrogens is 404 g/mol. The lowest BCUT2D eigenvalue weighted by Gasteiger charge is -2.17. The first kappa shape index (κ1) is 23.4. The molecule has 1 atom stereocenters. The predicted molar refractivity (Wildman–Crippen MR) is 128 cm³/mol. The summed E-state index contributed by atoms with van der Waals surface area (Å²) < 4.78 is 16.4. The molecule has 0 aliphatic heterocycles. The summed E-state index contributed by atoms with van der Waals surface area (Å²) in [4.78, 5) is 18.0. The van der Waals surface area contributed by atoms with Crippen LogP contribution in [-0.4, -0.2) is 38.3 Å². The van der Waals surface area contributed by atoms with Crippen LogP contribution in [0.25, 0.3) is 22.2 Å². The van der Waals surface area contributed by atoms with E-state index in [1.807, 2.05) is 42.5 Å². The number of unbranched alkanes of at least 4 members (excludes halogenated alkanes) is 2. The van der Waals surface area contributed by atoms with Crippen molar-refractivity contribution in [3.63, 3.8) is 0 Å². The van der Waals surface area contributed by atoms with Gasteiger partial charge in [-0.15, -0.1) is 0 Å². The molecule has 0 radical (unpaired) electrons. The molecule has 0 spiro atoms. The number of rotatable bonds is 10. The molecule has 3 rings (SSSR count). The van der Waals surface area contributed by atoms with Gasteiger partial charge in [-0.1, -0.05) is 44.4 Å². The van der Waals surface area contributed by atoms with Crippen LogP contribution in [0, 0.1) is 0 Å². The van der Waals surface area contributed by atoms with Crippen molar-refractivity contribution in [3.05, 3.63) is 48.0 Å². The van der Waals surface area contributed by atoms with Gasteiger partial charge in [0.15, 0.2) is 11.5 Å². The summed E-state index contributed by atoms with van der Waals surface area (Å²) in [6.45, 7) is 4.23. The molecule has 1 N–H and O–H groups in total. The minimum Gasteiger partial charge on any atom is -0.493 e. The van der Waals surface area contributed by atoms with E-state index >= 15 is 0 Å². The van der Waals surface area contributed by atoms with Gasteiger partial charge < -0.3 is 19.5 Å². The van der Waals surface area contributed by atoms with Crippen LogP contribution in [0.4, 0.5) is 0 Å². The van der Waals surface area contributed by atoms with Crippen molar-refractivity contribution < 1.29 is 19.0 Å². The SMILES string of the molecule is CCCCCC(C)NC(=O)c1cc(-c2cc(OC)c(OC)c(OC)c2)nc2ccccc12. The smallest absolute Gasteiger partial charge is 0.252 e. The highest BCUT2D eigenvalue weighted by Gasteiger charge is 2.19. The molecule has 0 saturated heterocycles. The molecule has 1 amide bonds. The lowest BCUT2D eigenvalue weighted by Crippen LogP contribution is -2.32. The largest absolute Gasteiger partial charge is 0.493 e. The molecule has 0 aliphatic rings. The van der Waals surface area contributed by atoms with Crippen molar-refractivity contribution in [3.8, 4) is 28.5 Å². The highest BCUT2D eigenvalue weighted by atomic mass is 16.5. The number of methoxy groups -OCH3 is 3. The van der Waals surface area contributed by atoms with E-state index in [-0.39, 0.29) is 11.9 Å². The van der Waals surface area contributed by atoms with Gasteiger partial charge in [0.1, 0.15) is 0 Å². The normalized spacial score (nSPS) is 11.8. The van der Waals surface area contributed by atoms with Crippen molar-refractivity contribution >= 4 is 16.8 Å². The number of hydrogen-bond acceptors (Lipinski definition) is 5. The van der Waals surface area contributed by atoms with Crippen LogP contribution < -0.4 is 19.5 Å². The summed E-state index contributed by atoms with van der Waals surface area (Å²) in [5.41, 5.74) is 2.78. The first-order valence-corrected chi connectivity index (χ1v) is 11.0. The Hall–Kier alpha value is -3.28. The fraction of sp³-hybridized carbons (Fsp3) is 0.385. The van der Waals surface area contributed by atoms with E-state index in [0.717, 1.165) is 35.7 Å². The maximum atomic E-state index is 13.2. The number of aromatic nitrogens is 1. The summed E-state index contributed by atoms with van der Waals surface area (Å²) in [7, 11) is 4.72. The second kappa shape index (κ2) is 10.8. The van der Waals surface area contributed by atoms with Gasteiger partial charge >= 0.3 is 0 Å². The molecule has 170 valence electrons. The number of para-hydroxylation sites is 1. The van der Waals surface area contributed by atoms with E-state index in [2.05, 4.69) is 19.2 Å². The van der Waals surface area contributed by atoms with Gasteiger partial charge in [-0.3, -0.25) is 4.79 Å². The monoisotopic (exact) mass is 436 g/mol. The van der Waals surface area contributed by atoms with Crippen LogP contribution in [0.15, 0.2) is 42.5 Å². The summed E-state index contributed by atoms with van der Waals surface area (Å²) in [5.74, 6) is 1.49. The van der Waals surface area contributed by atoms with E-state index in [9.17, 15) is 4.79 Å². The van der Waals surface area contributed by atoms with Gasteiger partial charge in [0.05, 0.1) is 38.1 Å². The summed E-state index contributed by atoms with van der Waals surface area (Å²) in [6, 6.07) is 13.3. The quantitative estimate of drug-likeness (QED) is 0.417. The van der Waals surface area contributed by atoms with E-state index in [1.54, 1.807) is 21.3 Å². The maximum absolute atomic E-state index is 13.2. The Morgan fingerprint density at radius 2 is 1.69 bits per heavy atom. The Morgan fingerprint density at radius 1 is 1.00 bits per heavy atom. The number of benzene rings is 2. The molecule has 32 heavy (non-hydrogen) atoms. The summed E-state index contributed by atoms with van der Waals surface area (Å²) >= 11 is 0. The molecule has 0 saturated carbocycles. The topological polar surface area (TPSA) is 69.7 Å². The highest BCUT2D eigenvalue weighted by Crippen LogP contribution is 2.41. The average molecular weight is 437 g/mol. The average Bonchev–Trinajstić information content (AvgIpc) is 2.82. The Kier molecular flexibility index (Phi) is 7.92. The lowest BCUT2D eigenvalue weighted by atomic mass is 10.0. The molecular formula is C26H32N2O4. The molecule has 3 aromatic rings. The Labute approximate surface area is 189 Å². The second-order valence-corrected chi connectivity index (χ2v) is 7.86. The van der Waals surface area contributed by atoms with Crippen LogP contribution in [-0.2, 0) is 0 Å². The lowest BCUT2D eigenvalue weighted by molar-refractivity contribution is 0.0939. The molecule has 1 aromatic heterocycles. The van der Waals surface area contributed by atoms with Crippen LogP contribution in [0.1, 0.15) is 49.9 Å². The third-order valence-electron chi connectivity index (χ3n) is 5.54. The minimum absolute atomic E-state index is 0.0960. The third kappa shape index (κ3) is 5.13. The van der Waals surface area contributed by atoms with E-state index < -0.39 is 0 Å². The zero-order valence-electron chi connectivity index (χ0n) is 19.5. The molecule has 0 aliphatic carbocycles. The summed E-state index contributed by atoms with van der Waals surface area (Å²) in [6.07, 6.45) is 4.39. The molecule has 1 heterocycles. The van der Waals surface area contributed by atoms with Crippen molar-refractivity contribution in [1.29, 1.82) is 0 Å². The molecule has 1 unspecified atom stereocenters. The first-order valence-electron chi connectivity index (χ1n) is 11.0. The number of hydrogen-bond donors (Lipinski definition) is 1. The second-order valence-electron chi connectivity index (χ2n) is 7.86. The molecule has 0 fully saturated rings. The number of nitrogens with one attached hydrogen (secondary N) is 1. The van der Waals surface area contributed by atoms with Crippen molar-refractivity contribution in [2.75, 3.05) is 21.3 Å². The zero-order chi connectivity index (χ0) is 23.1. The van der Waals surface area contributed by atoms with Crippen LogP contribution in [0.5, 0.6) is 17.2 Å². The maximum Gasteiger partial charge on any atom is 0.252 e. The molecule has 6 nitrogen and oxygen atoms in total. The van der Waals surface area contributed by atoms with Crippen molar-refractivity contribution in [2.24, 2.45) is 0 Å². The van der Waals surface area contributed by atoms with Gasteiger partial charge in [-0.25, -0.2) is 4.98 Å². The van der Waals surface area contributed by atoms with Gasteiger partial charge in [0.2, 0.25) is 5.75 Å². The summed E-state index contributed by atoms with van der Waals surface area (Å²) in [5, 5.41) is 3.97. The van der Waals surface area contributed by atoms with Crippen LogP contribution in [0.3, 0.4) is 0 Å². The van der Waals surface area contributed by atoms with Gasteiger partial charge in [-0.05, 0) is 37.6 Å². The molecule has 0 bridgehead atoms. The first-order chi connectivity index (χ1) is 15.5. The van der Waals surface area contributed by atoms with Gasteiger partial charge in [-0.2, -0.15) is 0 Å². The number of amides is 1. The van der Waals surface area contributed by atoms with Crippen LogP contribution in [0.2, 0.25) is 0 Å². The fourth-order valence-corrected chi connectivity index (χ4v) is 3.81. The van der Waals surface area contributed by atoms with Crippen molar-refractivity contribution in [1.82, 2.24) is 10.3 Å². The number of nitrogens with zero attached hydrogens (tertiary/aromatic N) is 1. The number of pyridine rings is 1. The predicted octanol–water partition coefficient (Wildman–Crippen LogP) is 5.63. The van der Waals surface area contributed by atoms with E-state index in [1.165, 1.54) is 6.42 Å². The highest BCUT2D eigenvalue weighted by molar-refractivity contribution is 6.07. The number of fused-ring (bicyclic) bond motifs is 1. The number of carbonyl (C=O) groups is 1. The van der Waals surface area contributed by atoms with Gasteiger partial charge in [0, 0.05) is 17.0 Å². The third-order valence-corrected chi connectivity index (χ3v) is 5.54. The van der Waals surface area contributed by atoms with E-state index in [0.29, 0.717) is 28.5 Å². The molecule has 6 heteroatoms. The Balaban J connectivity index is 2.04. The number of ether oxygens (including phenoxy) is 3. The Morgan fingerprint density at radius 3 is 2.31 bits per heavy atom. The fourth-order valence-electron chi connectivity index (χ4n) is 3.81. The zero-order valence-corrected chi connectivity index (χ0v) is 19.5. The number of carbonyl (C=O) groups excluding carboxylic acids is 1. The standard InChI is InChI=1S/C26H32N2O4/c1-6-7-8-11-17(2)27-26(29)20-16-22(28-21-13-10-9-12-19(20)21)18-14-23(30-3)25(32-5)24(15-18)31-4/h9-10,12-17H,6-8,11H2,1-5H3,(H,27,29). The van der Waals surface area contributed by atoms with Crippen LogP contribution >= 0.6 is 0 Å². The molecule has 2 aromatic carbocycles. The van der Waals surface area contributed by atoms with Crippen molar-refractivity contribution in [2.45, 2.75) is 45.6 Å². The van der Waals surface area contributed by atoms with E-state index in [4.69, 9.17) is 19.2 Å². The van der Waals surface area contributed by atoms with Gasteiger partial charge in [0.25, 0.3) is 5.91 Å². The Bertz CT molecular complexity index is 1060.